The number of amides is 1. The maximum absolute atomic E-state index is 11.1. The Hall–Kier alpha value is -1.71. The van der Waals surface area contributed by atoms with Gasteiger partial charge in [-0.2, -0.15) is 0 Å². The van der Waals surface area contributed by atoms with Gasteiger partial charge in [0.2, 0.25) is 0 Å². The summed E-state index contributed by atoms with van der Waals surface area (Å²) in [5.74, 6) is -0.282. The van der Waals surface area contributed by atoms with Gasteiger partial charge in [0.15, 0.2) is 0 Å². The predicted octanol–water partition coefficient (Wildman–Crippen LogP) is 0.0103. The molecule has 0 atom stereocenters. The first-order valence-electron chi connectivity index (χ1n) is 3.46. The van der Waals surface area contributed by atoms with Crippen LogP contribution in [0.15, 0.2) is 24.5 Å². The van der Waals surface area contributed by atoms with Gasteiger partial charge in [-0.15, -0.1) is 0 Å². The van der Waals surface area contributed by atoms with Gasteiger partial charge in [0, 0.05) is 12.4 Å². The van der Waals surface area contributed by atoms with Crippen LogP contribution in [-0.2, 0) is 4.79 Å². The minimum atomic E-state index is -0.282. The lowest BCUT2D eigenvalue weighted by Crippen LogP contribution is -2.25. The van der Waals surface area contributed by atoms with Crippen LogP contribution >= 0.6 is 0 Å². The number of pyridine rings is 1. The molecule has 0 aromatic carbocycles. The summed E-state index contributed by atoms with van der Waals surface area (Å²) in [7, 11) is 0. The van der Waals surface area contributed by atoms with Gasteiger partial charge in [0.1, 0.15) is 6.29 Å². The molecule has 1 N–H and O–H groups in total. The normalized spacial score (nSPS) is 9.00. The quantitative estimate of drug-likeness (QED) is 0.640. The molecule has 4 nitrogen and oxygen atoms in total. The van der Waals surface area contributed by atoms with E-state index in [9.17, 15) is 9.59 Å². The molecule has 1 amide bonds. The highest BCUT2D eigenvalue weighted by Crippen LogP contribution is 1.93. The van der Waals surface area contributed by atoms with Crippen LogP contribution in [0.25, 0.3) is 0 Å². The van der Waals surface area contributed by atoms with Crippen LogP contribution < -0.4 is 5.32 Å². The summed E-state index contributed by atoms with van der Waals surface area (Å²) in [6.07, 6.45) is 3.66. The van der Waals surface area contributed by atoms with Gasteiger partial charge in [0.05, 0.1) is 12.1 Å². The average Bonchev–Trinajstić information content (AvgIpc) is 2.15. The third-order valence-corrected chi connectivity index (χ3v) is 1.27. The van der Waals surface area contributed by atoms with Crippen molar-refractivity contribution in [1.29, 1.82) is 0 Å². The largest absolute Gasteiger partial charge is 0.345 e. The van der Waals surface area contributed by atoms with Crippen molar-refractivity contribution in [1.82, 2.24) is 10.3 Å². The Balaban J connectivity index is 2.59. The third-order valence-electron chi connectivity index (χ3n) is 1.27. The molecule has 0 aliphatic rings. The Labute approximate surface area is 69.6 Å². The third kappa shape index (κ3) is 2.16. The minimum Gasteiger partial charge on any atom is -0.345 e. The van der Waals surface area contributed by atoms with Crippen molar-refractivity contribution in [2.45, 2.75) is 0 Å². The molecule has 1 rings (SSSR count). The molecule has 0 spiro atoms. The predicted molar refractivity (Wildman–Crippen MR) is 42.6 cm³/mol. The van der Waals surface area contributed by atoms with Gasteiger partial charge < -0.3 is 10.1 Å². The lowest BCUT2D eigenvalue weighted by Gasteiger charge is -1.98. The first kappa shape index (κ1) is 8.39. The van der Waals surface area contributed by atoms with Crippen LogP contribution in [0.5, 0.6) is 0 Å². The van der Waals surface area contributed by atoms with E-state index in [1.54, 1.807) is 18.3 Å². The van der Waals surface area contributed by atoms with E-state index < -0.39 is 0 Å². The highest BCUT2D eigenvalue weighted by Gasteiger charge is 2.01. The van der Waals surface area contributed by atoms with Gasteiger partial charge in [-0.25, -0.2) is 0 Å². The molecule has 0 saturated carbocycles. The Morgan fingerprint density at radius 3 is 3.08 bits per heavy atom. The summed E-state index contributed by atoms with van der Waals surface area (Å²) in [6.45, 7) is 0.0354. The lowest BCUT2D eigenvalue weighted by molar-refractivity contribution is -0.107. The van der Waals surface area contributed by atoms with Crippen molar-refractivity contribution < 1.29 is 9.59 Å². The lowest BCUT2D eigenvalue weighted by atomic mass is 10.3. The standard InChI is InChI=1S/C8H8N2O2/c11-5-4-10-8(12)7-2-1-3-9-6-7/h1-3,5-6H,4H2,(H,10,12). The molecular weight excluding hydrogens is 156 g/mol. The fraction of sp³-hybridized carbons (Fsp3) is 0.125. The number of carbonyl (C=O) groups is 2. The van der Waals surface area contributed by atoms with E-state index in [4.69, 9.17) is 0 Å². The van der Waals surface area contributed by atoms with E-state index >= 15 is 0 Å². The number of aldehydes is 1. The Kier molecular flexibility index (Phi) is 2.95. The second kappa shape index (κ2) is 4.23. The second-order valence-corrected chi connectivity index (χ2v) is 2.12. The molecule has 0 saturated heterocycles. The Morgan fingerprint density at radius 1 is 1.67 bits per heavy atom. The highest BCUT2D eigenvalue weighted by molar-refractivity contribution is 5.94. The number of nitrogens with zero attached hydrogens (tertiary/aromatic N) is 1. The molecule has 1 aromatic rings. The number of nitrogens with one attached hydrogen (secondary N) is 1. The zero-order valence-electron chi connectivity index (χ0n) is 6.36. The summed E-state index contributed by atoms with van der Waals surface area (Å²) in [6, 6.07) is 3.29. The molecule has 12 heavy (non-hydrogen) atoms. The smallest absolute Gasteiger partial charge is 0.253 e. The van der Waals surface area contributed by atoms with E-state index in [1.807, 2.05) is 0 Å². The summed E-state index contributed by atoms with van der Waals surface area (Å²) in [5.41, 5.74) is 0.458. The Morgan fingerprint density at radius 2 is 2.50 bits per heavy atom. The molecule has 0 bridgehead atoms. The molecule has 1 heterocycles. The summed E-state index contributed by atoms with van der Waals surface area (Å²) < 4.78 is 0. The number of hydrogen-bond acceptors (Lipinski definition) is 3. The minimum absolute atomic E-state index is 0.0354. The Bertz CT molecular complexity index is 272. The number of aromatic nitrogens is 1. The monoisotopic (exact) mass is 164 g/mol. The van der Waals surface area contributed by atoms with Gasteiger partial charge in [0.25, 0.3) is 5.91 Å². The van der Waals surface area contributed by atoms with E-state index in [-0.39, 0.29) is 12.5 Å². The van der Waals surface area contributed by atoms with Gasteiger partial charge in [-0.05, 0) is 12.1 Å². The van der Waals surface area contributed by atoms with Crippen LogP contribution in [0.1, 0.15) is 10.4 Å². The van der Waals surface area contributed by atoms with Gasteiger partial charge in [-0.1, -0.05) is 0 Å². The van der Waals surface area contributed by atoms with Crippen molar-refractivity contribution in [2.24, 2.45) is 0 Å². The second-order valence-electron chi connectivity index (χ2n) is 2.12. The number of rotatable bonds is 3. The van der Waals surface area contributed by atoms with Crippen LogP contribution in [-0.4, -0.2) is 23.7 Å². The molecule has 0 aliphatic heterocycles. The molecule has 0 aliphatic carbocycles. The van der Waals surface area contributed by atoms with Crippen LogP contribution in [0.2, 0.25) is 0 Å². The zero-order chi connectivity index (χ0) is 8.81. The SMILES string of the molecule is O=CCNC(=O)c1cccnc1. The molecule has 1 aromatic heterocycles. The van der Waals surface area contributed by atoms with Crippen LogP contribution in [0.4, 0.5) is 0 Å². The number of carbonyl (C=O) groups excluding carboxylic acids is 2. The van der Waals surface area contributed by atoms with Gasteiger partial charge in [-0.3, -0.25) is 9.78 Å². The van der Waals surface area contributed by atoms with Crippen molar-refractivity contribution in [3.05, 3.63) is 30.1 Å². The molecule has 62 valence electrons. The molecule has 0 unspecified atom stereocenters. The first-order chi connectivity index (χ1) is 5.84. The van der Waals surface area contributed by atoms with E-state index in [2.05, 4.69) is 10.3 Å². The summed E-state index contributed by atoms with van der Waals surface area (Å²) in [4.78, 5) is 24.8. The molecule has 0 radical (unpaired) electrons. The van der Waals surface area contributed by atoms with Gasteiger partial charge >= 0.3 is 0 Å². The fourth-order valence-corrected chi connectivity index (χ4v) is 0.733. The molecular formula is C8H8N2O2. The first-order valence-corrected chi connectivity index (χ1v) is 3.46. The van der Waals surface area contributed by atoms with Crippen molar-refractivity contribution >= 4 is 12.2 Å². The fourth-order valence-electron chi connectivity index (χ4n) is 0.733. The van der Waals surface area contributed by atoms with Crippen molar-refractivity contribution in [3.8, 4) is 0 Å². The van der Waals surface area contributed by atoms with Crippen LogP contribution in [0, 0.1) is 0 Å². The maximum Gasteiger partial charge on any atom is 0.253 e. The average molecular weight is 164 g/mol. The zero-order valence-corrected chi connectivity index (χ0v) is 6.36. The maximum atomic E-state index is 11.1. The molecule has 0 fully saturated rings. The summed E-state index contributed by atoms with van der Waals surface area (Å²) >= 11 is 0. The summed E-state index contributed by atoms with van der Waals surface area (Å²) in [5, 5.41) is 2.40. The van der Waals surface area contributed by atoms with E-state index in [0.717, 1.165) is 0 Å². The highest BCUT2D eigenvalue weighted by atomic mass is 16.2. The van der Waals surface area contributed by atoms with Crippen molar-refractivity contribution in [3.63, 3.8) is 0 Å². The van der Waals surface area contributed by atoms with E-state index in [1.165, 1.54) is 6.20 Å². The van der Waals surface area contributed by atoms with Crippen molar-refractivity contribution in [2.75, 3.05) is 6.54 Å². The number of hydrogen-bond donors (Lipinski definition) is 1. The van der Waals surface area contributed by atoms with Crippen LogP contribution in [0.3, 0.4) is 0 Å². The molecule has 4 heteroatoms. The van der Waals surface area contributed by atoms with E-state index in [0.29, 0.717) is 11.8 Å². The topological polar surface area (TPSA) is 59.1 Å².